The largest absolute Gasteiger partial charge is 0.399 e. The molecule has 0 fully saturated rings. The van der Waals surface area contributed by atoms with Gasteiger partial charge in [0.15, 0.2) is 0 Å². The lowest BCUT2D eigenvalue weighted by Gasteiger charge is -2.11. The third-order valence-electron chi connectivity index (χ3n) is 2.21. The van der Waals surface area contributed by atoms with E-state index in [0.717, 1.165) is 18.4 Å². The van der Waals surface area contributed by atoms with Crippen molar-refractivity contribution in [3.05, 3.63) is 29.8 Å². The number of unbranched alkanes of at least 4 members (excludes halogenated alkanes) is 1. The minimum atomic E-state index is -0.578. The monoisotopic (exact) mass is 209 g/mol. The van der Waals surface area contributed by atoms with Crippen molar-refractivity contribution in [2.75, 3.05) is 18.9 Å². The van der Waals surface area contributed by atoms with Crippen LogP contribution in [0.25, 0.3) is 0 Å². The van der Waals surface area contributed by atoms with Crippen LogP contribution in [-0.4, -0.2) is 18.3 Å². The first-order valence-corrected chi connectivity index (χ1v) is 5.35. The summed E-state index contributed by atoms with van der Waals surface area (Å²) in [5.74, 6) is 0. The minimum Gasteiger partial charge on any atom is -0.399 e. The summed E-state index contributed by atoms with van der Waals surface area (Å²) >= 11 is 0. The SMILES string of the molecule is CCCCOCC(O)c1cccc(N)c1. The van der Waals surface area contributed by atoms with Crippen molar-refractivity contribution in [2.45, 2.75) is 25.9 Å². The summed E-state index contributed by atoms with van der Waals surface area (Å²) in [5, 5.41) is 9.76. The van der Waals surface area contributed by atoms with Crippen LogP contribution in [0, 0.1) is 0 Å². The summed E-state index contributed by atoms with van der Waals surface area (Å²) in [5.41, 5.74) is 7.10. The highest BCUT2D eigenvalue weighted by atomic mass is 16.5. The van der Waals surface area contributed by atoms with Crippen LogP contribution in [0.4, 0.5) is 5.69 Å². The van der Waals surface area contributed by atoms with E-state index in [9.17, 15) is 5.11 Å². The molecule has 1 atom stereocenters. The van der Waals surface area contributed by atoms with Crippen molar-refractivity contribution in [1.82, 2.24) is 0 Å². The molecule has 1 aromatic rings. The van der Waals surface area contributed by atoms with Gasteiger partial charge in [-0.3, -0.25) is 0 Å². The number of nitrogen functional groups attached to an aromatic ring is 1. The Kier molecular flexibility index (Phi) is 5.15. The maximum Gasteiger partial charge on any atom is 0.102 e. The molecule has 1 rings (SSSR count). The first-order chi connectivity index (χ1) is 7.24. The minimum absolute atomic E-state index is 0.337. The first-order valence-electron chi connectivity index (χ1n) is 5.35. The van der Waals surface area contributed by atoms with Crippen molar-refractivity contribution in [2.24, 2.45) is 0 Å². The number of nitrogens with two attached hydrogens (primary N) is 1. The lowest BCUT2D eigenvalue weighted by atomic mass is 10.1. The van der Waals surface area contributed by atoms with Gasteiger partial charge in [0.05, 0.1) is 6.61 Å². The van der Waals surface area contributed by atoms with Gasteiger partial charge in [-0.2, -0.15) is 0 Å². The predicted octanol–water partition coefficient (Wildman–Crippen LogP) is 2.12. The number of aliphatic hydroxyl groups excluding tert-OH is 1. The molecule has 0 amide bonds. The lowest BCUT2D eigenvalue weighted by Crippen LogP contribution is -2.08. The maximum atomic E-state index is 9.76. The van der Waals surface area contributed by atoms with Crippen LogP contribution in [0.2, 0.25) is 0 Å². The smallest absolute Gasteiger partial charge is 0.102 e. The molecule has 0 aromatic heterocycles. The van der Waals surface area contributed by atoms with E-state index < -0.39 is 6.10 Å². The molecule has 84 valence electrons. The molecule has 0 aliphatic carbocycles. The second-order valence-electron chi connectivity index (χ2n) is 3.61. The predicted molar refractivity (Wildman–Crippen MR) is 61.5 cm³/mol. The van der Waals surface area contributed by atoms with Crippen molar-refractivity contribution >= 4 is 5.69 Å². The average molecular weight is 209 g/mol. The zero-order valence-electron chi connectivity index (χ0n) is 9.15. The number of hydrogen-bond donors (Lipinski definition) is 2. The van der Waals surface area contributed by atoms with Gasteiger partial charge in [-0.25, -0.2) is 0 Å². The molecule has 0 spiro atoms. The number of benzene rings is 1. The molecule has 0 aliphatic heterocycles. The van der Waals surface area contributed by atoms with Crippen LogP contribution >= 0.6 is 0 Å². The van der Waals surface area contributed by atoms with Crippen LogP contribution < -0.4 is 5.73 Å². The van der Waals surface area contributed by atoms with Gasteiger partial charge in [0.25, 0.3) is 0 Å². The van der Waals surface area contributed by atoms with Crippen LogP contribution in [0.3, 0.4) is 0 Å². The fraction of sp³-hybridized carbons (Fsp3) is 0.500. The molecule has 0 saturated carbocycles. The normalized spacial score (nSPS) is 12.7. The van der Waals surface area contributed by atoms with Crippen LogP contribution in [0.5, 0.6) is 0 Å². The fourth-order valence-corrected chi connectivity index (χ4v) is 1.30. The van der Waals surface area contributed by atoms with Crippen LogP contribution in [-0.2, 0) is 4.74 Å². The second kappa shape index (κ2) is 6.43. The summed E-state index contributed by atoms with van der Waals surface area (Å²) in [6.45, 7) is 3.15. The zero-order chi connectivity index (χ0) is 11.1. The molecule has 3 N–H and O–H groups in total. The molecular formula is C12H19NO2. The third-order valence-corrected chi connectivity index (χ3v) is 2.21. The summed E-state index contributed by atoms with van der Waals surface area (Å²) in [6, 6.07) is 7.26. The Balaban J connectivity index is 2.36. The van der Waals surface area contributed by atoms with E-state index in [2.05, 4.69) is 6.92 Å². The van der Waals surface area contributed by atoms with Gasteiger partial charge in [0.2, 0.25) is 0 Å². The Hall–Kier alpha value is -1.06. The van der Waals surface area contributed by atoms with E-state index in [1.54, 1.807) is 12.1 Å². The van der Waals surface area contributed by atoms with Crippen molar-refractivity contribution in [3.8, 4) is 0 Å². The van der Waals surface area contributed by atoms with E-state index in [1.807, 2.05) is 12.1 Å². The van der Waals surface area contributed by atoms with Gasteiger partial charge in [-0.1, -0.05) is 25.5 Å². The summed E-state index contributed by atoms with van der Waals surface area (Å²) in [6.07, 6.45) is 1.56. The molecule has 0 saturated heterocycles. The van der Waals surface area contributed by atoms with Crippen LogP contribution in [0.1, 0.15) is 31.4 Å². The van der Waals surface area contributed by atoms with Gasteiger partial charge in [0, 0.05) is 12.3 Å². The van der Waals surface area contributed by atoms with E-state index in [-0.39, 0.29) is 0 Å². The number of rotatable bonds is 6. The van der Waals surface area contributed by atoms with Gasteiger partial charge in [-0.15, -0.1) is 0 Å². The highest BCUT2D eigenvalue weighted by molar-refractivity contribution is 5.41. The molecule has 3 nitrogen and oxygen atoms in total. The number of ether oxygens (including phenoxy) is 1. The molecule has 15 heavy (non-hydrogen) atoms. The highest BCUT2D eigenvalue weighted by Gasteiger charge is 2.07. The summed E-state index contributed by atoms with van der Waals surface area (Å²) < 4.78 is 5.34. The maximum absolute atomic E-state index is 9.76. The lowest BCUT2D eigenvalue weighted by molar-refractivity contribution is 0.0349. The molecule has 0 heterocycles. The quantitative estimate of drug-likeness (QED) is 0.557. The van der Waals surface area contributed by atoms with Crippen molar-refractivity contribution in [1.29, 1.82) is 0 Å². The number of hydrogen-bond acceptors (Lipinski definition) is 3. The molecule has 1 aromatic carbocycles. The molecule has 0 aliphatic rings. The standard InChI is InChI=1S/C12H19NO2/c1-2-3-7-15-9-12(14)10-5-4-6-11(13)8-10/h4-6,8,12,14H,2-3,7,9,13H2,1H3. The van der Waals surface area contributed by atoms with E-state index in [4.69, 9.17) is 10.5 Å². The molecular weight excluding hydrogens is 190 g/mol. The zero-order valence-corrected chi connectivity index (χ0v) is 9.15. The van der Waals surface area contributed by atoms with Crippen molar-refractivity contribution < 1.29 is 9.84 Å². The van der Waals surface area contributed by atoms with Gasteiger partial charge in [-0.05, 0) is 24.1 Å². The van der Waals surface area contributed by atoms with E-state index >= 15 is 0 Å². The van der Waals surface area contributed by atoms with Crippen LogP contribution in [0.15, 0.2) is 24.3 Å². The molecule has 0 bridgehead atoms. The highest BCUT2D eigenvalue weighted by Crippen LogP contribution is 2.15. The number of anilines is 1. The average Bonchev–Trinajstić information content (AvgIpc) is 2.24. The molecule has 0 radical (unpaired) electrons. The van der Waals surface area contributed by atoms with Gasteiger partial charge in [0.1, 0.15) is 6.10 Å². The van der Waals surface area contributed by atoms with E-state index in [1.165, 1.54) is 0 Å². The Morgan fingerprint density at radius 3 is 2.93 bits per heavy atom. The Labute approximate surface area is 90.9 Å². The summed E-state index contributed by atoms with van der Waals surface area (Å²) in [7, 11) is 0. The third kappa shape index (κ3) is 4.32. The second-order valence-corrected chi connectivity index (χ2v) is 3.61. The van der Waals surface area contributed by atoms with E-state index in [0.29, 0.717) is 18.9 Å². The van der Waals surface area contributed by atoms with Crippen molar-refractivity contribution in [3.63, 3.8) is 0 Å². The first kappa shape index (κ1) is 12.0. The summed E-state index contributed by atoms with van der Waals surface area (Å²) in [4.78, 5) is 0. The molecule has 3 heteroatoms. The number of aliphatic hydroxyl groups is 1. The Bertz CT molecular complexity index is 289. The Morgan fingerprint density at radius 1 is 1.47 bits per heavy atom. The molecule has 1 unspecified atom stereocenters. The fourth-order valence-electron chi connectivity index (χ4n) is 1.30. The van der Waals surface area contributed by atoms with Gasteiger partial charge >= 0.3 is 0 Å². The Morgan fingerprint density at radius 2 is 2.27 bits per heavy atom. The topological polar surface area (TPSA) is 55.5 Å². The van der Waals surface area contributed by atoms with Gasteiger partial charge < -0.3 is 15.6 Å².